The summed E-state index contributed by atoms with van der Waals surface area (Å²) in [5.74, 6) is 0.127. The predicted octanol–water partition coefficient (Wildman–Crippen LogP) is 7.36. The van der Waals surface area contributed by atoms with E-state index in [4.69, 9.17) is 0 Å². The van der Waals surface area contributed by atoms with Crippen LogP contribution in [0.1, 0.15) is 71.0 Å². The van der Waals surface area contributed by atoms with Crippen LogP contribution in [0, 0.1) is 24.1 Å². The average molecular weight is 418 g/mol. The van der Waals surface area contributed by atoms with Gasteiger partial charge in [0.15, 0.2) is 5.82 Å². The van der Waals surface area contributed by atoms with E-state index in [1.54, 1.807) is 13.1 Å². The van der Waals surface area contributed by atoms with Gasteiger partial charge in [0.2, 0.25) is 0 Å². The summed E-state index contributed by atoms with van der Waals surface area (Å²) in [6, 6.07) is 2.33. The number of halogens is 1. The van der Waals surface area contributed by atoms with Crippen molar-refractivity contribution in [3.05, 3.63) is 75.0 Å². The minimum Gasteiger partial charge on any atom is -0.241 e. The van der Waals surface area contributed by atoms with Crippen LogP contribution in [0.25, 0.3) is 16.5 Å². The molecule has 2 aromatic rings. The van der Waals surface area contributed by atoms with Crippen molar-refractivity contribution in [2.75, 3.05) is 0 Å². The average Bonchev–Trinajstić information content (AvgIpc) is 2.75. The number of hydrogen-bond acceptors (Lipinski definition) is 3. The van der Waals surface area contributed by atoms with Crippen LogP contribution >= 0.6 is 0 Å². The normalized spacial score (nSPS) is 12.5. The topological polar surface area (TPSA) is 49.6 Å². The largest absolute Gasteiger partial charge is 0.241 e. The van der Waals surface area contributed by atoms with Gasteiger partial charge in [0.1, 0.15) is 11.3 Å². The van der Waals surface area contributed by atoms with Crippen molar-refractivity contribution in [3.63, 3.8) is 0 Å². The highest BCUT2D eigenvalue weighted by molar-refractivity contribution is 5.94. The third kappa shape index (κ3) is 4.37. The first-order chi connectivity index (χ1) is 14.6. The Labute approximate surface area is 185 Å². The van der Waals surface area contributed by atoms with Gasteiger partial charge in [0, 0.05) is 22.7 Å². The van der Waals surface area contributed by atoms with Crippen LogP contribution in [0.4, 0.5) is 4.39 Å². The fourth-order valence-electron chi connectivity index (χ4n) is 4.05. The summed E-state index contributed by atoms with van der Waals surface area (Å²) >= 11 is 0. The SMILES string of the molecule is C=C(/C(C(C#N)=C(C)C)=C(C)\C(C)=C/C)c1c(CC)c(CC)c2cnc(C)nc2c1F. The van der Waals surface area contributed by atoms with Crippen molar-refractivity contribution in [1.29, 1.82) is 5.26 Å². The minimum absolute atomic E-state index is 0.313. The van der Waals surface area contributed by atoms with Crippen LogP contribution in [0.5, 0.6) is 0 Å². The first kappa shape index (κ1) is 24.2. The zero-order valence-electron chi connectivity index (χ0n) is 20.0. The molecule has 162 valence electrons. The van der Waals surface area contributed by atoms with E-state index in [1.807, 2.05) is 47.6 Å². The smallest absolute Gasteiger partial charge is 0.157 e. The molecule has 0 saturated heterocycles. The van der Waals surface area contributed by atoms with E-state index in [2.05, 4.69) is 29.5 Å². The molecule has 0 radical (unpaired) electrons. The molecule has 2 rings (SSSR count). The molecule has 0 amide bonds. The highest BCUT2D eigenvalue weighted by atomic mass is 19.1. The molecule has 3 nitrogen and oxygen atoms in total. The van der Waals surface area contributed by atoms with Gasteiger partial charge in [0.05, 0.1) is 11.6 Å². The first-order valence-corrected chi connectivity index (χ1v) is 10.7. The summed E-state index contributed by atoms with van der Waals surface area (Å²) in [5, 5.41) is 10.7. The minimum atomic E-state index is -0.394. The Bertz CT molecular complexity index is 1180. The molecule has 0 fully saturated rings. The molecule has 31 heavy (non-hydrogen) atoms. The summed E-state index contributed by atoms with van der Waals surface area (Å²) in [6.45, 7) is 19.9. The maximum atomic E-state index is 16.1. The fourth-order valence-corrected chi connectivity index (χ4v) is 4.05. The highest BCUT2D eigenvalue weighted by Gasteiger charge is 2.25. The van der Waals surface area contributed by atoms with Gasteiger partial charge < -0.3 is 0 Å². The van der Waals surface area contributed by atoms with Crippen LogP contribution in [0.15, 0.2) is 46.7 Å². The van der Waals surface area contributed by atoms with E-state index in [0.717, 1.165) is 39.7 Å². The maximum absolute atomic E-state index is 16.1. The molecule has 1 aromatic carbocycles. The van der Waals surface area contributed by atoms with Crippen LogP contribution in [-0.4, -0.2) is 9.97 Å². The van der Waals surface area contributed by atoms with Gasteiger partial charge in [-0.1, -0.05) is 37.6 Å². The number of nitriles is 1. The van der Waals surface area contributed by atoms with Crippen LogP contribution in [-0.2, 0) is 12.8 Å². The molecular weight excluding hydrogens is 385 g/mol. The second kappa shape index (κ2) is 9.83. The molecule has 0 saturated carbocycles. The molecule has 1 heterocycles. The Balaban J connectivity index is 3.07. The number of rotatable bonds is 6. The van der Waals surface area contributed by atoms with E-state index in [1.165, 1.54) is 0 Å². The Morgan fingerprint density at radius 2 is 1.77 bits per heavy atom. The van der Waals surface area contributed by atoms with Gasteiger partial charge in [0.25, 0.3) is 0 Å². The molecule has 4 heteroatoms. The van der Waals surface area contributed by atoms with Gasteiger partial charge >= 0.3 is 0 Å². The Kier molecular flexibility index (Phi) is 7.68. The van der Waals surface area contributed by atoms with Gasteiger partial charge in [-0.3, -0.25) is 0 Å². The summed E-state index contributed by atoms with van der Waals surface area (Å²) in [5.41, 5.74) is 7.27. The van der Waals surface area contributed by atoms with E-state index in [0.29, 0.717) is 40.0 Å². The molecule has 0 N–H and O–H groups in total. The Morgan fingerprint density at radius 1 is 1.16 bits per heavy atom. The maximum Gasteiger partial charge on any atom is 0.157 e. The zero-order chi connectivity index (χ0) is 23.5. The summed E-state index contributed by atoms with van der Waals surface area (Å²) < 4.78 is 16.1. The van der Waals surface area contributed by atoms with Gasteiger partial charge in [-0.15, -0.1) is 0 Å². The fraction of sp³-hybridized carbons (Fsp3) is 0.370. The number of allylic oxidation sites excluding steroid dienone is 7. The number of aromatic nitrogens is 2. The molecule has 0 bridgehead atoms. The van der Waals surface area contributed by atoms with E-state index >= 15 is 4.39 Å². The molecule has 0 atom stereocenters. The van der Waals surface area contributed by atoms with Crippen molar-refractivity contribution in [1.82, 2.24) is 9.97 Å². The third-order valence-corrected chi connectivity index (χ3v) is 5.90. The number of fused-ring (bicyclic) bond motifs is 1. The van der Waals surface area contributed by atoms with Crippen LogP contribution < -0.4 is 0 Å². The van der Waals surface area contributed by atoms with Crippen LogP contribution in [0.2, 0.25) is 0 Å². The molecule has 0 aliphatic carbocycles. The molecule has 0 aliphatic heterocycles. The summed E-state index contributed by atoms with van der Waals surface area (Å²) in [4.78, 5) is 8.73. The van der Waals surface area contributed by atoms with Crippen molar-refractivity contribution >= 4 is 16.5 Å². The lowest BCUT2D eigenvalue weighted by atomic mass is 9.82. The van der Waals surface area contributed by atoms with Gasteiger partial charge in [-0.25, -0.2) is 14.4 Å². The Morgan fingerprint density at radius 3 is 2.26 bits per heavy atom. The van der Waals surface area contributed by atoms with E-state index < -0.39 is 5.82 Å². The van der Waals surface area contributed by atoms with Crippen LogP contribution in [0.3, 0.4) is 0 Å². The standard InChI is InChI=1S/C27H32FN3/c1-10-16(6)17(7)24(22(13-29)15(4)5)18(8)25-21(12-3)20(11-2)23-14-30-19(9)31-27(23)26(25)28/h10,14H,8,11-12H2,1-7,9H3/b16-10-,24-17+. The lowest BCUT2D eigenvalue weighted by molar-refractivity contribution is 0.629. The second-order valence-corrected chi connectivity index (χ2v) is 7.97. The summed E-state index contributed by atoms with van der Waals surface area (Å²) in [7, 11) is 0. The molecule has 1 aromatic heterocycles. The van der Waals surface area contributed by atoms with E-state index in [9.17, 15) is 5.26 Å². The highest BCUT2D eigenvalue weighted by Crippen LogP contribution is 2.40. The van der Waals surface area contributed by atoms with Crippen molar-refractivity contribution in [3.8, 4) is 6.07 Å². The first-order valence-electron chi connectivity index (χ1n) is 10.7. The molecule has 0 aliphatic rings. The molecular formula is C27H32FN3. The number of hydrogen-bond donors (Lipinski definition) is 0. The monoisotopic (exact) mass is 417 g/mol. The Hall–Kier alpha value is -3.06. The third-order valence-electron chi connectivity index (χ3n) is 5.90. The number of nitrogens with zero attached hydrogens (tertiary/aromatic N) is 3. The molecule has 0 spiro atoms. The number of benzene rings is 1. The quantitative estimate of drug-likeness (QED) is 0.364. The van der Waals surface area contributed by atoms with E-state index in [-0.39, 0.29) is 0 Å². The number of aryl methyl sites for hydroxylation is 2. The van der Waals surface area contributed by atoms with Gasteiger partial charge in [-0.05, 0) is 76.7 Å². The van der Waals surface area contributed by atoms with Crippen molar-refractivity contribution in [2.45, 2.75) is 68.2 Å². The van der Waals surface area contributed by atoms with Crippen molar-refractivity contribution < 1.29 is 4.39 Å². The lowest BCUT2D eigenvalue weighted by Crippen LogP contribution is -2.09. The summed E-state index contributed by atoms with van der Waals surface area (Å²) in [6.07, 6.45) is 5.08. The second-order valence-electron chi connectivity index (χ2n) is 7.97. The predicted molar refractivity (Wildman–Crippen MR) is 128 cm³/mol. The van der Waals surface area contributed by atoms with Crippen molar-refractivity contribution in [2.24, 2.45) is 0 Å². The lowest BCUT2D eigenvalue weighted by Gasteiger charge is -2.22. The zero-order valence-corrected chi connectivity index (χ0v) is 20.0. The molecule has 0 unspecified atom stereocenters. The van der Waals surface area contributed by atoms with Gasteiger partial charge in [-0.2, -0.15) is 5.26 Å².